The van der Waals surface area contributed by atoms with E-state index in [0.29, 0.717) is 18.7 Å². The highest BCUT2D eigenvalue weighted by molar-refractivity contribution is 7.92. The molecule has 174 valence electrons. The van der Waals surface area contributed by atoms with E-state index >= 15 is 0 Å². The largest absolute Gasteiger partial charge is 0.355 e. The lowest BCUT2D eigenvalue weighted by Crippen LogP contribution is -2.52. The number of carbonyl (C=O) groups excluding carboxylic acids is 2. The number of hydrogen-bond acceptors (Lipinski definition) is 4. The van der Waals surface area contributed by atoms with Crippen molar-refractivity contribution in [2.45, 2.75) is 46.7 Å². The second-order valence-corrected chi connectivity index (χ2v) is 9.79. The molecule has 2 aromatic rings. The van der Waals surface area contributed by atoms with Gasteiger partial charge in [0.05, 0.1) is 11.9 Å². The Morgan fingerprint density at radius 1 is 1.00 bits per heavy atom. The van der Waals surface area contributed by atoms with Gasteiger partial charge in [-0.2, -0.15) is 0 Å². The normalized spacial score (nSPS) is 12.2. The second-order valence-electron chi connectivity index (χ2n) is 7.88. The Hall–Kier alpha value is -2.87. The van der Waals surface area contributed by atoms with Crippen LogP contribution in [0.4, 0.5) is 5.69 Å². The predicted octanol–water partition coefficient (Wildman–Crippen LogP) is 3.01. The van der Waals surface area contributed by atoms with E-state index in [1.165, 1.54) is 4.90 Å². The van der Waals surface area contributed by atoms with Crippen molar-refractivity contribution in [3.05, 3.63) is 65.2 Å². The fraction of sp³-hybridized carbons (Fsp3) is 0.417. The first-order chi connectivity index (χ1) is 15.1. The van der Waals surface area contributed by atoms with Crippen LogP contribution in [0.2, 0.25) is 0 Å². The minimum atomic E-state index is -3.73. The summed E-state index contributed by atoms with van der Waals surface area (Å²) in [5.74, 6) is -0.686. The lowest BCUT2D eigenvalue weighted by atomic mass is 10.1. The maximum absolute atomic E-state index is 13.5. The Bertz CT molecular complexity index is 1040. The van der Waals surface area contributed by atoms with Crippen LogP contribution in [0.25, 0.3) is 0 Å². The minimum absolute atomic E-state index is 0.208. The molecule has 2 rings (SSSR count). The summed E-state index contributed by atoms with van der Waals surface area (Å²) >= 11 is 0. The van der Waals surface area contributed by atoms with Gasteiger partial charge in [-0.05, 0) is 44.4 Å². The minimum Gasteiger partial charge on any atom is -0.355 e. The molecule has 0 aromatic heterocycles. The summed E-state index contributed by atoms with van der Waals surface area (Å²) in [6, 6.07) is 14.0. The Labute approximate surface area is 191 Å². The van der Waals surface area contributed by atoms with E-state index in [0.717, 1.165) is 27.3 Å². The maximum Gasteiger partial charge on any atom is 0.244 e. The molecule has 0 unspecified atom stereocenters. The van der Waals surface area contributed by atoms with Gasteiger partial charge in [0, 0.05) is 13.1 Å². The van der Waals surface area contributed by atoms with E-state index < -0.39 is 22.0 Å². The number of likely N-dealkylation sites (N-methyl/N-ethyl adjacent to an activating group) is 1. The number of aryl methyl sites for hydroxylation is 2. The summed E-state index contributed by atoms with van der Waals surface area (Å²) in [5.41, 5.74) is 3.15. The SMILES string of the molecule is CCNC(=O)[C@@H](CC)N(Cc1ccc(C)cc1)C(=O)CN(c1ccccc1C)S(C)(=O)=O. The first-order valence-electron chi connectivity index (χ1n) is 10.7. The zero-order chi connectivity index (χ0) is 23.9. The molecule has 0 heterocycles. The van der Waals surface area contributed by atoms with Crippen LogP contribution < -0.4 is 9.62 Å². The Morgan fingerprint density at radius 2 is 1.62 bits per heavy atom. The number of para-hydroxylation sites is 1. The fourth-order valence-corrected chi connectivity index (χ4v) is 4.45. The molecular formula is C24H33N3O4S. The molecule has 0 aliphatic rings. The molecule has 0 radical (unpaired) electrons. The lowest BCUT2D eigenvalue weighted by molar-refractivity contribution is -0.140. The summed E-state index contributed by atoms with van der Waals surface area (Å²) in [7, 11) is -3.73. The van der Waals surface area contributed by atoms with Gasteiger partial charge in [0.25, 0.3) is 0 Å². The topological polar surface area (TPSA) is 86.8 Å². The van der Waals surface area contributed by atoms with Gasteiger partial charge < -0.3 is 10.2 Å². The number of rotatable bonds is 10. The van der Waals surface area contributed by atoms with Gasteiger partial charge in [-0.15, -0.1) is 0 Å². The van der Waals surface area contributed by atoms with Crippen LogP contribution in [0.1, 0.15) is 37.0 Å². The Balaban J connectivity index is 2.43. The number of amides is 2. The van der Waals surface area contributed by atoms with E-state index in [-0.39, 0.29) is 19.0 Å². The molecule has 1 N–H and O–H groups in total. The molecule has 1 atom stereocenters. The summed E-state index contributed by atoms with van der Waals surface area (Å²) in [4.78, 5) is 27.7. The Kier molecular flexibility index (Phi) is 8.83. The third kappa shape index (κ3) is 6.56. The summed E-state index contributed by atoms with van der Waals surface area (Å²) < 4.78 is 26.3. The average Bonchev–Trinajstić information content (AvgIpc) is 2.73. The van der Waals surface area contributed by atoms with Crippen molar-refractivity contribution in [3.8, 4) is 0 Å². The molecule has 0 spiro atoms. The predicted molar refractivity (Wildman–Crippen MR) is 128 cm³/mol. The van der Waals surface area contributed by atoms with Crippen LogP contribution in [0, 0.1) is 13.8 Å². The van der Waals surface area contributed by atoms with Gasteiger partial charge in [-0.1, -0.05) is 55.0 Å². The molecule has 7 nitrogen and oxygen atoms in total. The maximum atomic E-state index is 13.5. The number of sulfonamides is 1. The molecule has 0 aliphatic heterocycles. The Morgan fingerprint density at radius 3 is 2.16 bits per heavy atom. The van der Waals surface area contributed by atoms with Crippen molar-refractivity contribution in [1.82, 2.24) is 10.2 Å². The molecule has 2 amide bonds. The smallest absolute Gasteiger partial charge is 0.244 e. The van der Waals surface area contributed by atoms with Crippen molar-refractivity contribution in [2.24, 2.45) is 0 Å². The van der Waals surface area contributed by atoms with Gasteiger partial charge in [-0.25, -0.2) is 8.42 Å². The number of hydrogen-bond donors (Lipinski definition) is 1. The van der Waals surface area contributed by atoms with Gasteiger partial charge in [0.15, 0.2) is 0 Å². The number of anilines is 1. The molecule has 2 aromatic carbocycles. The first-order valence-corrected chi connectivity index (χ1v) is 12.6. The number of nitrogens with one attached hydrogen (secondary N) is 1. The number of carbonyl (C=O) groups is 2. The molecule has 0 saturated heterocycles. The van der Waals surface area contributed by atoms with E-state index in [2.05, 4.69) is 5.32 Å². The van der Waals surface area contributed by atoms with E-state index in [1.807, 2.05) is 51.1 Å². The molecule has 0 bridgehead atoms. The fourth-order valence-electron chi connectivity index (χ4n) is 3.54. The van der Waals surface area contributed by atoms with Crippen LogP contribution in [0.15, 0.2) is 48.5 Å². The van der Waals surface area contributed by atoms with Crippen LogP contribution in [0.5, 0.6) is 0 Å². The lowest BCUT2D eigenvalue weighted by Gasteiger charge is -2.33. The van der Waals surface area contributed by atoms with Crippen molar-refractivity contribution >= 4 is 27.5 Å². The van der Waals surface area contributed by atoms with E-state index in [9.17, 15) is 18.0 Å². The van der Waals surface area contributed by atoms with Crippen molar-refractivity contribution in [1.29, 1.82) is 0 Å². The monoisotopic (exact) mass is 459 g/mol. The van der Waals surface area contributed by atoms with Gasteiger partial charge in [-0.3, -0.25) is 13.9 Å². The van der Waals surface area contributed by atoms with Crippen LogP contribution in [0.3, 0.4) is 0 Å². The first kappa shape index (κ1) is 25.4. The summed E-state index contributed by atoms with van der Waals surface area (Å²) in [5, 5.41) is 2.79. The van der Waals surface area contributed by atoms with Crippen LogP contribution >= 0.6 is 0 Å². The summed E-state index contributed by atoms with van der Waals surface area (Å²) in [6.07, 6.45) is 1.49. The number of nitrogens with zero attached hydrogens (tertiary/aromatic N) is 2. The van der Waals surface area contributed by atoms with Crippen molar-refractivity contribution in [2.75, 3.05) is 23.7 Å². The standard InChI is InChI=1S/C24H33N3O4S/c1-6-21(24(29)25-7-2)26(16-20-14-12-18(3)13-15-20)23(28)17-27(32(5,30)31)22-11-9-8-10-19(22)4/h8-15,21H,6-7,16-17H2,1-5H3,(H,25,29)/t21-/m1/s1. The highest BCUT2D eigenvalue weighted by atomic mass is 32.2. The summed E-state index contributed by atoms with van der Waals surface area (Å²) in [6.45, 7) is 7.70. The average molecular weight is 460 g/mol. The zero-order valence-electron chi connectivity index (χ0n) is 19.5. The molecule has 32 heavy (non-hydrogen) atoms. The third-order valence-electron chi connectivity index (χ3n) is 5.27. The van der Waals surface area contributed by atoms with Gasteiger partial charge in [0.1, 0.15) is 12.6 Å². The molecular weight excluding hydrogens is 426 g/mol. The third-order valence-corrected chi connectivity index (χ3v) is 6.40. The van der Waals surface area contributed by atoms with Crippen molar-refractivity contribution in [3.63, 3.8) is 0 Å². The number of benzene rings is 2. The molecule has 8 heteroatoms. The highest BCUT2D eigenvalue weighted by Crippen LogP contribution is 2.23. The second kappa shape index (κ2) is 11.1. The molecule has 0 saturated carbocycles. The van der Waals surface area contributed by atoms with Crippen molar-refractivity contribution < 1.29 is 18.0 Å². The zero-order valence-corrected chi connectivity index (χ0v) is 20.3. The highest BCUT2D eigenvalue weighted by Gasteiger charge is 2.31. The van der Waals surface area contributed by atoms with Gasteiger partial charge >= 0.3 is 0 Å². The van der Waals surface area contributed by atoms with E-state index in [4.69, 9.17) is 0 Å². The van der Waals surface area contributed by atoms with Crippen LogP contribution in [-0.2, 0) is 26.2 Å². The van der Waals surface area contributed by atoms with E-state index in [1.54, 1.807) is 25.1 Å². The van der Waals surface area contributed by atoms with Crippen LogP contribution in [-0.4, -0.2) is 50.5 Å². The quantitative estimate of drug-likeness (QED) is 0.592. The van der Waals surface area contributed by atoms with Gasteiger partial charge in [0.2, 0.25) is 21.8 Å². The molecule has 0 aliphatic carbocycles. The molecule has 0 fully saturated rings.